The molecule has 0 spiro atoms. The monoisotopic (exact) mass is 311 g/mol. The topological polar surface area (TPSA) is 46.4 Å². The second-order valence-electron chi connectivity index (χ2n) is 4.91. The number of fused-ring (bicyclic) bond motifs is 1. The Bertz CT molecular complexity index is 867. The molecule has 1 aromatic carbocycles. The van der Waals surface area contributed by atoms with E-state index in [0.29, 0.717) is 10.8 Å². The number of carbonyl (C=O) groups is 1. The largest absolute Gasteiger partial charge is 0.323 e. The second-order valence-corrected chi connectivity index (χ2v) is 5.27. The molecule has 0 atom stereocenters. The predicted octanol–water partition coefficient (Wildman–Crippen LogP) is 3.95. The number of pyridine rings is 1. The minimum Gasteiger partial charge on any atom is -0.323 e. The van der Waals surface area contributed by atoms with Gasteiger partial charge in [0.15, 0.2) is 5.15 Å². The molecule has 2 heterocycles. The first-order chi connectivity index (χ1) is 10.6. The lowest BCUT2D eigenvalue weighted by Gasteiger charge is -2.02. The first-order valence-corrected chi connectivity index (χ1v) is 7.19. The number of amides is 1. The Labute approximate surface area is 133 Å². The molecule has 0 fully saturated rings. The van der Waals surface area contributed by atoms with Crippen LogP contribution in [0.15, 0.2) is 54.7 Å². The van der Waals surface area contributed by atoms with Crippen LogP contribution in [0.3, 0.4) is 0 Å². The van der Waals surface area contributed by atoms with Crippen LogP contribution < -0.4 is 5.32 Å². The molecule has 0 bridgehead atoms. The second kappa shape index (κ2) is 6.03. The SMILES string of the molecule is Cc1cccc(NC(=O)C=Cc2c(Cl)nc3ccccn23)c1. The van der Waals surface area contributed by atoms with Gasteiger partial charge in [-0.2, -0.15) is 0 Å². The number of nitrogens with one attached hydrogen (secondary N) is 1. The van der Waals surface area contributed by atoms with Crippen molar-refractivity contribution >= 4 is 34.9 Å². The van der Waals surface area contributed by atoms with E-state index >= 15 is 0 Å². The molecule has 110 valence electrons. The first kappa shape index (κ1) is 14.4. The average Bonchev–Trinajstić information content (AvgIpc) is 2.80. The van der Waals surface area contributed by atoms with Crippen LogP contribution in [-0.2, 0) is 4.79 Å². The maximum Gasteiger partial charge on any atom is 0.248 e. The van der Waals surface area contributed by atoms with Crippen molar-refractivity contribution in [3.8, 4) is 0 Å². The fraction of sp³-hybridized carbons (Fsp3) is 0.0588. The molecule has 1 N–H and O–H groups in total. The van der Waals surface area contributed by atoms with Gasteiger partial charge < -0.3 is 5.32 Å². The zero-order chi connectivity index (χ0) is 15.5. The summed E-state index contributed by atoms with van der Waals surface area (Å²) in [6, 6.07) is 13.3. The number of anilines is 1. The lowest BCUT2D eigenvalue weighted by molar-refractivity contribution is -0.111. The number of nitrogens with zero attached hydrogens (tertiary/aromatic N) is 2. The Kier molecular flexibility index (Phi) is 3.94. The number of halogens is 1. The summed E-state index contributed by atoms with van der Waals surface area (Å²) in [7, 11) is 0. The van der Waals surface area contributed by atoms with Crippen molar-refractivity contribution in [2.45, 2.75) is 6.92 Å². The van der Waals surface area contributed by atoms with Gasteiger partial charge in [-0.25, -0.2) is 4.98 Å². The van der Waals surface area contributed by atoms with Gasteiger partial charge in [0, 0.05) is 18.0 Å². The van der Waals surface area contributed by atoms with Gasteiger partial charge in [-0.3, -0.25) is 9.20 Å². The highest BCUT2D eigenvalue weighted by Gasteiger charge is 2.07. The highest BCUT2D eigenvalue weighted by atomic mass is 35.5. The molecule has 2 aromatic heterocycles. The number of imidazole rings is 1. The van der Waals surface area contributed by atoms with Crippen LogP contribution in [0.5, 0.6) is 0 Å². The molecule has 0 aliphatic carbocycles. The number of benzene rings is 1. The molecule has 0 aliphatic rings. The lowest BCUT2D eigenvalue weighted by atomic mass is 10.2. The van der Waals surface area contributed by atoms with Gasteiger partial charge in [-0.15, -0.1) is 0 Å². The third kappa shape index (κ3) is 3.02. The van der Waals surface area contributed by atoms with Crippen molar-refractivity contribution in [2.24, 2.45) is 0 Å². The minimum atomic E-state index is -0.215. The van der Waals surface area contributed by atoms with Gasteiger partial charge in [0.1, 0.15) is 5.65 Å². The number of aryl methyl sites for hydroxylation is 1. The summed E-state index contributed by atoms with van der Waals surface area (Å²) in [6.07, 6.45) is 4.96. The summed E-state index contributed by atoms with van der Waals surface area (Å²) in [5.74, 6) is -0.215. The summed E-state index contributed by atoms with van der Waals surface area (Å²) >= 11 is 6.12. The van der Waals surface area contributed by atoms with E-state index in [9.17, 15) is 4.79 Å². The molecule has 0 saturated heterocycles. The molecule has 22 heavy (non-hydrogen) atoms. The molecule has 5 heteroatoms. The predicted molar refractivity (Wildman–Crippen MR) is 89.0 cm³/mol. The maximum absolute atomic E-state index is 12.0. The molecule has 0 radical (unpaired) electrons. The Morgan fingerprint density at radius 1 is 1.27 bits per heavy atom. The highest BCUT2D eigenvalue weighted by molar-refractivity contribution is 6.31. The molecule has 0 saturated carbocycles. The van der Waals surface area contributed by atoms with Crippen LogP contribution in [0.25, 0.3) is 11.7 Å². The van der Waals surface area contributed by atoms with Gasteiger partial charge >= 0.3 is 0 Å². The van der Waals surface area contributed by atoms with Crippen LogP contribution in [0.2, 0.25) is 5.15 Å². The number of aromatic nitrogens is 2. The summed E-state index contributed by atoms with van der Waals surface area (Å²) in [6.45, 7) is 1.98. The van der Waals surface area contributed by atoms with Crippen molar-refractivity contribution in [2.75, 3.05) is 5.32 Å². The zero-order valence-corrected chi connectivity index (χ0v) is 12.7. The Hall–Kier alpha value is -2.59. The lowest BCUT2D eigenvalue weighted by Crippen LogP contribution is -2.07. The van der Waals surface area contributed by atoms with Gasteiger partial charge in [-0.1, -0.05) is 29.8 Å². The molecular formula is C17H14ClN3O. The van der Waals surface area contributed by atoms with Crippen molar-refractivity contribution in [3.05, 3.63) is 71.1 Å². The van der Waals surface area contributed by atoms with Crippen LogP contribution in [-0.4, -0.2) is 15.3 Å². The quantitative estimate of drug-likeness (QED) is 0.744. The number of hydrogen-bond acceptors (Lipinski definition) is 2. The van der Waals surface area contributed by atoms with Crippen LogP contribution in [0.4, 0.5) is 5.69 Å². The number of carbonyl (C=O) groups excluding carboxylic acids is 1. The van der Waals surface area contributed by atoms with E-state index in [4.69, 9.17) is 11.6 Å². The van der Waals surface area contributed by atoms with Gasteiger partial charge in [-0.05, 0) is 42.8 Å². The fourth-order valence-corrected chi connectivity index (χ4v) is 2.44. The van der Waals surface area contributed by atoms with E-state index in [1.54, 1.807) is 6.08 Å². The summed E-state index contributed by atoms with van der Waals surface area (Å²) in [5.41, 5.74) is 3.27. The average molecular weight is 312 g/mol. The van der Waals surface area contributed by atoms with Gasteiger partial charge in [0.05, 0.1) is 5.69 Å². The standard InChI is InChI=1S/C17H14ClN3O/c1-12-5-4-6-13(11-12)19-16(22)9-8-14-17(18)20-15-7-2-3-10-21(14)15/h2-11H,1H3,(H,19,22). The van der Waals surface area contributed by atoms with E-state index in [0.717, 1.165) is 16.9 Å². The third-order valence-corrected chi connectivity index (χ3v) is 3.48. The highest BCUT2D eigenvalue weighted by Crippen LogP contribution is 2.19. The summed E-state index contributed by atoms with van der Waals surface area (Å²) < 4.78 is 1.83. The minimum absolute atomic E-state index is 0.215. The zero-order valence-electron chi connectivity index (χ0n) is 12.0. The van der Waals surface area contributed by atoms with Gasteiger partial charge in [0.2, 0.25) is 5.91 Å². The molecular weight excluding hydrogens is 298 g/mol. The molecule has 4 nitrogen and oxygen atoms in total. The molecule has 3 rings (SSSR count). The smallest absolute Gasteiger partial charge is 0.248 e. The Balaban J connectivity index is 1.81. The van der Waals surface area contributed by atoms with E-state index in [2.05, 4.69) is 10.3 Å². The summed E-state index contributed by atoms with van der Waals surface area (Å²) in [5, 5.41) is 3.18. The third-order valence-electron chi connectivity index (χ3n) is 3.20. The Morgan fingerprint density at radius 2 is 2.14 bits per heavy atom. The van der Waals surface area contributed by atoms with Crippen molar-refractivity contribution in [1.29, 1.82) is 0 Å². The van der Waals surface area contributed by atoms with Crippen molar-refractivity contribution < 1.29 is 4.79 Å². The molecule has 0 aliphatic heterocycles. The molecule has 0 unspecified atom stereocenters. The molecule has 1 amide bonds. The van der Waals surface area contributed by atoms with Gasteiger partial charge in [0.25, 0.3) is 0 Å². The molecule has 3 aromatic rings. The van der Waals surface area contributed by atoms with E-state index in [1.165, 1.54) is 6.08 Å². The van der Waals surface area contributed by atoms with E-state index in [-0.39, 0.29) is 5.91 Å². The van der Waals surface area contributed by atoms with Crippen molar-refractivity contribution in [1.82, 2.24) is 9.38 Å². The van der Waals surface area contributed by atoms with E-state index < -0.39 is 0 Å². The number of hydrogen-bond donors (Lipinski definition) is 1. The van der Waals surface area contributed by atoms with Crippen LogP contribution >= 0.6 is 11.6 Å². The van der Waals surface area contributed by atoms with Crippen molar-refractivity contribution in [3.63, 3.8) is 0 Å². The fourth-order valence-electron chi connectivity index (χ4n) is 2.20. The summed E-state index contributed by atoms with van der Waals surface area (Å²) in [4.78, 5) is 16.2. The van der Waals surface area contributed by atoms with Crippen LogP contribution in [0.1, 0.15) is 11.3 Å². The van der Waals surface area contributed by atoms with Crippen LogP contribution in [0, 0.1) is 6.92 Å². The maximum atomic E-state index is 12.0. The van der Waals surface area contributed by atoms with E-state index in [1.807, 2.05) is 60.0 Å². The normalized spacial score (nSPS) is 11.2. The first-order valence-electron chi connectivity index (χ1n) is 6.82. The Morgan fingerprint density at radius 3 is 2.95 bits per heavy atom. The number of rotatable bonds is 3.